The lowest BCUT2D eigenvalue weighted by Gasteiger charge is -2.08. The zero-order chi connectivity index (χ0) is 19.8. The van der Waals surface area contributed by atoms with Crippen molar-refractivity contribution in [3.63, 3.8) is 0 Å². The molecule has 2 aromatic heterocycles. The number of fused-ring (bicyclic) bond motifs is 1. The molecule has 1 amide bonds. The summed E-state index contributed by atoms with van der Waals surface area (Å²) in [6.07, 6.45) is 0. The van der Waals surface area contributed by atoms with E-state index in [1.807, 2.05) is 0 Å². The van der Waals surface area contributed by atoms with Crippen LogP contribution in [-0.4, -0.2) is 20.9 Å². The van der Waals surface area contributed by atoms with Gasteiger partial charge in [-0.05, 0) is 44.2 Å². The average Bonchev–Trinajstić information content (AvgIpc) is 3.11. The first-order chi connectivity index (χ1) is 13.4. The fourth-order valence-corrected chi connectivity index (χ4v) is 3.43. The van der Waals surface area contributed by atoms with Crippen LogP contribution >= 0.6 is 11.3 Å². The first-order valence-corrected chi connectivity index (χ1v) is 9.26. The van der Waals surface area contributed by atoms with E-state index in [2.05, 4.69) is 20.3 Å². The van der Waals surface area contributed by atoms with Crippen molar-refractivity contribution in [2.45, 2.75) is 13.8 Å². The number of nitrogens with zero attached hydrogens (tertiary/aromatic N) is 3. The Morgan fingerprint density at radius 1 is 0.964 bits per heavy atom. The van der Waals surface area contributed by atoms with E-state index in [0.29, 0.717) is 33.2 Å². The Bertz CT molecular complexity index is 1210. The van der Waals surface area contributed by atoms with Crippen molar-refractivity contribution in [3.05, 3.63) is 70.4 Å². The normalized spacial score (nSPS) is 11.0. The minimum Gasteiger partial charge on any atom is -0.298 e. The van der Waals surface area contributed by atoms with Gasteiger partial charge < -0.3 is 0 Å². The summed E-state index contributed by atoms with van der Waals surface area (Å²) >= 11 is 1.22. The molecule has 0 unspecified atom stereocenters. The first kappa shape index (κ1) is 18.1. The molecular weight excluding hydrogens is 382 g/mol. The Hall–Kier alpha value is -3.26. The van der Waals surface area contributed by atoms with E-state index in [1.54, 1.807) is 31.4 Å². The molecule has 0 fully saturated rings. The number of nitrogens with one attached hydrogen (secondary N) is 1. The Labute approximate surface area is 163 Å². The van der Waals surface area contributed by atoms with Crippen LogP contribution in [-0.2, 0) is 0 Å². The highest BCUT2D eigenvalue weighted by atomic mass is 32.1. The van der Waals surface area contributed by atoms with Gasteiger partial charge in [0.25, 0.3) is 5.91 Å². The zero-order valence-electron chi connectivity index (χ0n) is 15.0. The Morgan fingerprint density at radius 2 is 1.68 bits per heavy atom. The van der Waals surface area contributed by atoms with Crippen molar-refractivity contribution in [2.24, 2.45) is 0 Å². The van der Waals surface area contributed by atoms with E-state index in [9.17, 15) is 13.6 Å². The lowest BCUT2D eigenvalue weighted by atomic mass is 10.1. The van der Waals surface area contributed by atoms with Gasteiger partial charge in [-0.1, -0.05) is 0 Å². The smallest absolute Gasteiger partial charge is 0.259 e. The molecule has 0 bridgehead atoms. The molecule has 4 aromatic rings. The molecule has 140 valence electrons. The molecule has 0 saturated carbocycles. The number of halogens is 2. The molecule has 0 atom stereocenters. The van der Waals surface area contributed by atoms with Crippen molar-refractivity contribution in [2.75, 3.05) is 5.32 Å². The number of carbonyl (C=O) groups is 1. The largest absolute Gasteiger partial charge is 0.298 e. The molecular formula is C20H14F2N4OS. The van der Waals surface area contributed by atoms with Gasteiger partial charge >= 0.3 is 0 Å². The molecule has 1 N–H and O–H groups in total. The summed E-state index contributed by atoms with van der Waals surface area (Å²) < 4.78 is 27.1. The monoisotopic (exact) mass is 396 g/mol. The molecule has 0 saturated heterocycles. The molecule has 28 heavy (non-hydrogen) atoms. The van der Waals surface area contributed by atoms with Gasteiger partial charge in [-0.25, -0.2) is 23.7 Å². The van der Waals surface area contributed by atoms with E-state index in [1.165, 1.54) is 29.5 Å². The fourth-order valence-electron chi connectivity index (χ4n) is 2.72. The number of thiazole rings is 1. The maximum atomic E-state index is 14.0. The van der Waals surface area contributed by atoms with Crippen molar-refractivity contribution in [1.29, 1.82) is 0 Å². The predicted octanol–water partition coefficient (Wildman–Crippen LogP) is 4.90. The van der Waals surface area contributed by atoms with Gasteiger partial charge in [-0.2, -0.15) is 0 Å². The minimum absolute atomic E-state index is 0.0872. The topological polar surface area (TPSA) is 67.8 Å². The first-order valence-electron chi connectivity index (χ1n) is 8.38. The van der Waals surface area contributed by atoms with Crippen LogP contribution in [0, 0.1) is 25.5 Å². The van der Waals surface area contributed by atoms with Gasteiger partial charge in [0.15, 0.2) is 5.13 Å². The Morgan fingerprint density at radius 3 is 2.43 bits per heavy atom. The summed E-state index contributed by atoms with van der Waals surface area (Å²) in [5.74, 6) is -1.43. The van der Waals surface area contributed by atoms with Crippen LogP contribution < -0.4 is 5.32 Å². The van der Waals surface area contributed by atoms with Crippen LogP contribution in [0.4, 0.5) is 13.9 Å². The van der Waals surface area contributed by atoms with E-state index < -0.39 is 11.7 Å². The van der Waals surface area contributed by atoms with Crippen LogP contribution in [0.25, 0.3) is 22.3 Å². The highest BCUT2D eigenvalue weighted by molar-refractivity contribution is 7.14. The number of anilines is 1. The summed E-state index contributed by atoms with van der Waals surface area (Å²) in [6.45, 7) is 3.56. The molecule has 0 aliphatic rings. The third-order valence-corrected chi connectivity index (χ3v) is 5.01. The van der Waals surface area contributed by atoms with E-state index in [-0.39, 0.29) is 11.4 Å². The van der Waals surface area contributed by atoms with Gasteiger partial charge in [-0.3, -0.25) is 10.1 Å². The van der Waals surface area contributed by atoms with Gasteiger partial charge in [0.1, 0.15) is 17.2 Å². The van der Waals surface area contributed by atoms with Crippen molar-refractivity contribution < 1.29 is 13.6 Å². The lowest BCUT2D eigenvalue weighted by Crippen LogP contribution is -2.14. The third kappa shape index (κ3) is 3.46. The summed E-state index contributed by atoms with van der Waals surface area (Å²) in [4.78, 5) is 25.8. The Balaban J connectivity index is 1.66. The van der Waals surface area contributed by atoms with Gasteiger partial charge in [0.2, 0.25) is 0 Å². The van der Waals surface area contributed by atoms with Crippen LogP contribution in [0.3, 0.4) is 0 Å². The van der Waals surface area contributed by atoms with Gasteiger partial charge in [-0.15, -0.1) is 11.3 Å². The number of carbonyl (C=O) groups excluding carboxylic acids is 1. The lowest BCUT2D eigenvalue weighted by molar-refractivity contribution is 0.102. The second-order valence-electron chi connectivity index (χ2n) is 6.21. The molecule has 0 spiro atoms. The standard InChI is InChI=1S/C20H14F2N4OS/c1-10-11(2)24-18-15(7-14(22)8-16(18)23-10)19(27)26-20-25-17(9-28-20)12-3-5-13(21)6-4-12/h3-9H,1-2H3,(H,25,26,27). The van der Waals surface area contributed by atoms with Crippen molar-refractivity contribution in [3.8, 4) is 11.3 Å². The number of benzene rings is 2. The van der Waals surface area contributed by atoms with E-state index in [0.717, 1.165) is 11.6 Å². The van der Waals surface area contributed by atoms with Crippen LogP contribution in [0.15, 0.2) is 41.8 Å². The van der Waals surface area contributed by atoms with Crippen molar-refractivity contribution >= 4 is 33.4 Å². The maximum Gasteiger partial charge on any atom is 0.259 e. The summed E-state index contributed by atoms with van der Waals surface area (Å²) in [7, 11) is 0. The second kappa shape index (κ2) is 7.05. The van der Waals surface area contributed by atoms with E-state index >= 15 is 0 Å². The van der Waals surface area contributed by atoms with E-state index in [4.69, 9.17) is 0 Å². The van der Waals surface area contributed by atoms with Gasteiger partial charge in [0.05, 0.1) is 28.2 Å². The molecule has 2 aromatic carbocycles. The van der Waals surface area contributed by atoms with Crippen LogP contribution in [0.2, 0.25) is 0 Å². The number of amides is 1. The predicted molar refractivity (Wildman–Crippen MR) is 104 cm³/mol. The second-order valence-corrected chi connectivity index (χ2v) is 7.07. The number of rotatable bonds is 3. The fraction of sp³-hybridized carbons (Fsp3) is 0.100. The van der Waals surface area contributed by atoms with Gasteiger partial charge in [0, 0.05) is 17.0 Å². The molecule has 0 aliphatic heterocycles. The zero-order valence-corrected chi connectivity index (χ0v) is 15.8. The number of hydrogen-bond acceptors (Lipinski definition) is 5. The minimum atomic E-state index is -0.568. The summed E-state index contributed by atoms with van der Waals surface area (Å²) in [5, 5.41) is 4.77. The maximum absolute atomic E-state index is 14.0. The quantitative estimate of drug-likeness (QED) is 0.535. The number of hydrogen-bond donors (Lipinski definition) is 1. The SMILES string of the molecule is Cc1nc2cc(F)cc(C(=O)Nc3nc(-c4ccc(F)cc4)cs3)c2nc1C. The number of aryl methyl sites for hydroxylation is 2. The molecule has 0 aliphatic carbocycles. The summed E-state index contributed by atoms with van der Waals surface area (Å²) in [5.41, 5.74) is 3.41. The molecule has 0 radical (unpaired) electrons. The van der Waals surface area contributed by atoms with Crippen LogP contribution in [0.1, 0.15) is 21.7 Å². The summed E-state index contributed by atoms with van der Waals surface area (Å²) in [6, 6.07) is 8.29. The highest BCUT2D eigenvalue weighted by Gasteiger charge is 2.17. The third-order valence-electron chi connectivity index (χ3n) is 4.26. The molecule has 4 rings (SSSR count). The number of aromatic nitrogens is 3. The van der Waals surface area contributed by atoms with Crippen LogP contribution in [0.5, 0.6) is 0 Å². The molecule has 5 nitrogen and oxygen atoms in total. The molecule has 8 heteroatoms. The van der Waals surface area contributed by atoms with Crippen molar-refractivity contribution in [1.82, 2.24) is 15.0 Å². The average molecular weight is 396 g/mol. The highest BCUT2D eigenvalue weighted by Crippen LogP contribution is 2.26. The molecule has 2 heterocycles. The Kier molecular flexibility index (Phi) is 4.56.